The minimum absolute atomic E-state index is 0.0555. The molecule has 1 aromatic heterocycles. The molecule has 2 aromatic rings. The zero-order valence-electron chi connectivity index (χ0n) is 7.14. The summed E-state index contributed by atoms with van der Waals surface area (Å²) in [6.07, 6.45) is 3.04. The molecule has 69 valence electrons. The molecule has 0 unspecified atom stereocenters. The van der Waals surface area contributed by atoms with Crippen molar-refractivity contribution in [1.82, 2.24) is 0 Å². The van der Waals surface area contributed by atoms with Gasteiger partial charge in [0.15, 0.2) is 0 Å². The number of nitro groups is 1. The van der Waals surface area contributed by atoms with Crippen molar-refractivity contribution in [2.45, 2.75) is 0 Å². The number of furan rings is 1. The molecule has 1 radical (unpaired) electrons. The van der Waals surface area contributed by atoms with Crippen molar-refractivity contribution in [3.8, 4) is 11.1 Å². The molecular formula is C10H6NO3. The fourth-order valence-corrected chi connectivity index (χ4v) is 1.15. The fraction of sp³-hybridized carbons (Fsp3) is 0. The molecule has 4 nitrogen and oxygen atoms in total. The zero-order chi connectivity index (χ0) is 9.97. The average molecular weight is 188 g/mol. The van der Waals surface area contributed by atoms with E-state index in [1.54, 1.807) is 6.07 Å². The first-order chi connectivity index (χ1) is 6.77. The molecule has 0 spiro atoms. The first kappa shape index (κ1) is 8.50. The van der Waals surface area contributed by atoms with Crippen LogP contribution >= 0.6 is 0 Å². The van der Waals surface area contributed by atoms with Gasteiger partial charge in [0.25, 0.3) is 5.69 Å². The lowest BCUT2D eigenvalue weighted by atomic mass is 10.1. The molecule has 0 saturated carbocycles. The molecule has 14 heavy (non-hydrogen) atoms. The summed E-state index contributed by atoms with van der Waals surface area (Å²) in [6.45, 7) is 0. The summed E-state index contributed by atoms with van der Waals surface area (Å²) < 4.78 is 4.88. The molecular weight excluding hydrogens is 182 g/mol. The predicted molar refractivity (Wildman–Crippen MR) is 49.6 cm³/mol. The van der Waals surface area contributed by atoms with E-state index in [2.05, 4.69) is 6.07 Å². The number of nitro benzene ring substituents is 1. The summed E-state index contributed by atoms with van der Waals surface area (Å²) in [5.74, 6) is 0. The molecule has 0 bridgehead atoms. The Labute approximate surface area is 79.9 Å². The summed E-state index contributed by atoms with van der Waals surface area (Å²) in [5.41, 5.74) is 1.50. The van der Waals surface area contributed by atoms with Crippen LogP contribution in [0.5, 0.6) is 0 Å². The maximum absolute atomic E-state index is 10.5. The number of rotatable bonds is 2. The van der Waals surface area contributed by atoms with Gasteiger partial charge in [0.1, 0.15) is 0 Å². The molecule has 2 rings (SSSR count). The molecule has 0 aliphatic heterocycles. The Hall–Kier alpha value is -2.10. The minimum Gasteiger partial charge on any atom is -0.472 e. The van der Waals surface area contributed by atoms with E-state index < -0.39 is 4.92 Å². The van der Waals surface area contributed by atoms with Crippen LogP contribution in [0.25, 0.3) is 11.1 Å². The third-order valence-electron chi connectivity index (χ3n) is 1.83. The lowest BCUT2D eigenvalue weighted by molar-refractivity contribution is -0.384. The summed E-state index contributed by atoms with van der Waals surface area (Å²) >= 11 is 0. The van der Waals surface area contributed by atoms with E-state index in [4.69, 9.17) is 4.42 Å². The van der Waals surface area contributed by atoms with Gasteiger partial charge >= 0.3 is 0 Å². The highest BCUT2D eigenvalue weighted by Gasteiger charge is 2.07. The number of non-ortho nitro benzene ring substituents is 1. The number of hydrogen-bond donors (Lipinski definition) is 0. The number of hydrogen-bond acceptors (Lipinski definition) is 3. The molecule has 0 saturated heterocycles. The van der Waals surface area contributed by atoms with Gasteiger partial charge in [-0.1, -0.05) is 0 Å². The smallest absolute Gasteiger partial charge is 0.270 e. The third kappa shape index (κ3) is 1.50. The van der Waals surface area contributed by atoms with Gasteiger partial charge in [0.2, 0.25) is 0 Å². The van der Waals surface area contributed by atoms with Gasteiger partial charge in [-0.3, -0.25) is 10.1 Å². The quantitative estimate of drug-likeness (QED) is 0.537. The normalized spacial score (nSPS) is 10.0. The van der Waals surface area contributed by atoms with Crippen LogP contribution in [0.3, 0.4) is 0 Å². The Morgan fingerprint density at radius 3 is 2.93 bits per heavy atom. The average Bonchev–Trinajstić information content (AvgIpc) is 2.71. The van der Waals surface area contributed by atoms with Crippen LogP contribution in [-0.2, 0) is 0 Å². The maximum Gasteiger partial charge on any atom is 0.270 e. The summed E-state index contributed by atoms with van der Waals surface area (Å²) in [4.78, 5) is 10.1. The molecule has 0 aliphatic rings. The van der Waals surface area contributed by atoms with E-state index >= 15 is 0 Å². The Kier molecular flexibility index (Phi) is 2.02. The second-order valence-electron chi connectivity index (χ2n) is 2.73. The molecule has 1 aromatic carbocycles. The first-order valence-corrected chi connectivity index (χ1v) is 3.96. The largest absolute Gasteiger partial charge is 0.472 e. The van der Waals surface area contributed by atoms with Gasteiger partial charge in [-0.25, -0.2) is 0 Å². The topological polar surface area (TPSA) is 56.3 Å². The van der Waals surface area contributed by atoms with E-state index in [9.17, 15) is 10.1 Å². The highest BCUT2D eigenvalue weighted by Crippen LogP contribution is 2.23. The second kappa shape index (κ2) is 3.33. The van der Waals surface area contributed by atoms with Gasteiger partial charge in [0, 0.05) is 17.7 Å². The SMILES string of the molecule is O=[N+]([O-])c1cc[c]c(-c2ccoc2)c1. The molecule has 0 amide bonds. The second-order valence-corrected chi connectivity index (χ2v) is 2.73. The Bertz CT molecular complexity index is 448. The van der Waals surface area contributed by atoms with Crippen LogP contribution in [0.15, 0.2) is 41.2 Å². The van der Waals surface area contributed by atoms with E-state index in [0.29, 0.717) is 5.56 Å². The van der Waals surface area contributed by atoms with Gasteiger partial charge < -0.3 is 4.42 Å². The molecule has 0 aliphatic carbocycles. The molecule has 4 heteroatoms. The number of nitrogens with zero attached hydrogens (tertiary/aromatic N) is 1. The Morgan fingerprint density at radius 1 is 1.43 bits per heavy atom. The third-order valence-corrected chi connectivity index (χ3v) is 1.83. The van der Waals surface area contributed by atoms with Crippen LogP contribution in [0, 0.1) is 16.2 Å². The monoisotopic (exact) mass is 188 g/mol. The van der Waals surface area contributed by atoms with Gasteiger partial charge in [-0.05, 0) is 23.8 Å². The van der Waals surface area contributed by atoms with Crippen LogP contribution in [0.2, 0.25) is 0 Å². The Morgan fingerprint density at radius 2 is 2.29 bits per heavy atom. The van der Waals surface area contributed by atoms with Crippen molar-refractivity contribution < 1.29 is 9.34 Å². The summed E-state index contributed by atoms with van der Waals surface area (Å²) in [5, 5.41) is 10.5. The number of benzene rings is 1. The lowest BCUT2D eigenvalue weighted by Crippen LogP contribution is -1.87. The van der Waals surface area contributed by atoms with Crippen LogP contribution in [-0.4, -0.2) is 4.92 Å². The molecule has 1 heterocycles. The van der Waals surface area contributed by atoms with Crippen LogP contribution in [0.4, 0.5) is 5.69 Å². The molecule has 0 N–H and O–H groups in total. The molecule has 0 atom stereocenters. The van der Waals surface area contributed by atoms with Gasteiger partial charge in [-0.2, -0.15) is 0 Å². The van der Waals surface area contributed by atoms with Crippen LogP contribution < -0.4 is 0 Å². The first-order valence-electron chi connectivity index (χ1n) is 3.96. The highest BCUT2D eigenvalue weighted by atomic mass is 16.6. The van der Waals surface area contributed by atoms with Crippen molar-refractivity contribution in [3.05, 3.63) is 53.0 Å². The Balaban J connectivity index is 2.46. The maximum atomic E-state index is 10.5. The highest BCUT2D eigenvalue weighted by molar-refractivity contribution is 5.64. The van der Waals surface area contributed by atoms with Gasteiger partial charge in [-0.15, -0.1) is 0 Å². The summed E-state index contributed by atoms with van der Waals surface area (Å²) in [7, 11) is 0. The van der Waals surface area contributed by atoms with Gasteiger partial charge in [0.05, 0.1) is 17.4 Å². The lowest BCUT2D eigenvalue weighted by Gasteiger charge is -1.95. The van der Waals surface area contributed by atoms with Crippen LogP contribution in [0.1, 0.15) is 0 Å². The van der Waals surface area contributed by atoms with Crippen molar-refractivity contribution in [2.75, 3.05) is 0 Å². The predicted octanol–water partition coefficient (Wildman–Crippen LogP) is 2.65. The van der Waals surface area contributed by atoms with E-state index in [1.165, 1.54) is 30.7 Å². The van der Waals surface area contributed by atoms with E-state index in [0.717, 1.165) is 5.56 Å². The fourth-order valence-electron chi connectivity index (χ4n) is 1.15. The van der Waals surface area contributed by atoms with E-state index in [1.807, 2.05) is 0 Å². The van der Waals surface area contributed by atoms with Crippen molar-refractivity contribution in [2.24, 2.45) is 0 Å². The standard InChI is InChI=1S/C10H6NO3/c12-11(13)10-3-1-2-8(6-10)9-4-5-14-7-9/h1,3-7H. The van der Waals surface area contributed by atoms with E-state index in [-0.39, 0.29) is 5.69 Å². The van der Waals surface area contributed by atoms with Crippen molar-refractivity contribution >= 4 is 5.69 Å². The summed E-state index contributed by atoms with van der Waals surface area (Å²) in [6, 6.07) is 9.03. The minimum atomic E-state index is -0.433. The van der Waals surface area contributed by atoms with Crippen molar-refractivity contribution in [3.63, 3.8) is 0 Å². The molecule has 0 fully saturated rings. The van der Waals surface area contributed by atoms with Crippen molar-refractivity contribution in [1.29, 1.82) is 0 Å². The zero-order valence-corrected chi connectivity index (χ0v) is 7.14.